The van der Waals surface area contributed by atoms with E-state index in [1.807, 2.05) is 30.3 Å². The molecule has 0 aliphatic rings. The molecule has 0 atom stereocenters. The second-order valence-corrected chi connectivity index (χ2v) is 7.79. The van der Waals surface area contributed by atoms with Gasteiger partial charge in [0.15, 0.2) is 0 Å². The van der Waals surface area contributed by atoms with E-state index < -0.39 is 23.2 Å². The molecule has 0 aliphatic carbocycles. The highest BCUT2D eigenvalue weighted by molar-refractivity contribution is 6.43. The van der Waals surface area contributed by atoms with E-state index in [9.17, 15) is 14.7 Å². The van der Waals surface area contributed by atoms with Gasteiger partial charge in [-0.05, 0) is 38.0 Å². The molecule has 0 bridgehead atoms. The molecule has 6 nitrogen and oxygen atoms in total. The quantitative estimate of drug-likeness (QED) is 0.563. The molecule has 0 unspecified atom stereocenters. The third-order valence-electron chi connectivity index (χ3n) is 4.63. The van der Waals surface area contributed by atoms with Crippen molar-refractivity contribution in [2.75, 3.05) is 0 Å². The van der Waals surface area contributed by atoms with Crippen molar-refractivity contribution in [2.24, 2.45) is 4.99 Å². The number of halogens is 2. The van der Waals surface area contributed by atoms with E-state index in [2.05, 4.69) is 4.99 Å². The number of aromatic hydroxyl groups is 1. The number of aryl methyl sites for hydroxylation is 1. The first kappa shape index (κ1) is 21.9. The first-order valence-corrected chi connectivity index (χ1v) is 10.2. The zero-order valence-corrected chi connectivity index (χ0v) is 18.1. The molecule has 2 aromatic carbocycles. The lowest BCUT2D eigenvalue weighted by Crippen LogP contribution is -2.42. The first-order valence-electron chi connectivity index (χ1n) is 9.41. The summed E-state index contributed by atoms with van der Waals surface area (Å²) < 4.78 is 2.29. The molecule has 0 fully saturated rings. The van der Waals surface area contributed by atoms with Crippen molar-refractivity contribution in [1.29, 1.82) is 0 Å². The Bertz CT molecular complexity index is 1200. The summed E-state index contributed by atoms with van der Waals surface area (Å²) in [6.45, 7) is 3.67. The van der Waals surface area contributed by atoms with Crippen LogP contribution in [0.1, 0.15) is 31.0 Å². The Labute approximate surface area is 183 Å². The molecular formula is C22H21Cl2N3O3. The van der Waals surface area contributed by atoms with Crippen molar-refractivity contribution < 1.29 is 5.11 Å². The van der Waals surface area contributed by atoms with E-state index in [4.69, 9.17) is 23.2 Å². The molecular weight excluding hydrogens is 425 g/mol. The highest BCUT2D eigenvalue weighted by atomic mass is 35.5. The van der Waals surface area contributed by atoms with E-state index in [1.54, 1.807) is 32.0 Å². The number of hydrogen-bond donors (Lipinski definition) is 1. The van der Waals surface area contributed by atoms with Crippen LogP contribution in [0.15, 0.2) is 63.1 Å². The Morgan fingerprint density at radius 1 is 1.07 bits per heavy atom. The van der Waals surface area contributed by atoms with Gasteiger partial charge in [0.05, 0.1) is 15.7 Å². The van der Waals surface area contributed by atoms with Crippen molar-refractivity contribution in [2.45, 2.75) is 32.9 Å². The fraction of sp³-hybridized carbons (Fsp3) is 0.227. The Morgan fingerprint density at radius 2 is 1.77 bits per heavy atom. The van der Waals surface area contributed by atoms with E-state index >= 15 is 0 Å². The number of hydrogen-bond acceptors (Lipinski definition) is 4. The summed E-state index contributed by atoms with van der Waals surface area (Å²) in [5.74, 6) is -0.431. The monoisotopic (exact) mass is 445 g/mol. The van der Waals surface area contributed by atoms with Crippen LogP contribution >= 0.6 is 23.2 Å². The molecule has 0 spiro atoms. The van der Waals surface area contributed by atoms with Crippen LogP contribution in [0.5, 0.6) is 5.88 Å². The fourth-order valence-corrected chi connectivity index (χ4v) is 3.40. The number of nitrogens with zero attached hydrogens (tertiary/aromatic N) is 3. The molecule has 1 aromatic heterocycles. The zero-order chi connectivity index (χ0) is 21.8. The number of aliphatic imine (C=N–C) groups is 1. The summed E-state index contributed by atoms with van der Waals surface area (Å²) in [6.07, 6.45) is 1.73. The fourth-order valence-electron chi connectivity index (χ4n) is 3.06. The van der Waals surface area contributed by atoms with Crippen LogP contribution in [0.25, 0.3) is 0 Å². The topological polar surface area (TPSA) is 76.6 Å². The van der Waals surface area contributed by atoms with E-state index in [0.717, 1.165) is 10.1 Å². The van der Waals surface area contributed by atoms with Crippen molar-refractivity contribution in [3.8, 4) is 5.88 Å². The average Bonchev–Trinajstić information content (AvgIpc) is 2.71. The zero-order valence-electron chi connectivity index (χ0n) is 16.5. The minimum absolute atomic E-state index is 0.0904. The van der Waals surface area contributed by atoms with Crippen LogP contribution < -0.4 is 11.2 Å². The van der Waals surface area contributed by atoms with E-state index in [0.29, 0.717) is 17.1 Å². The van der Waals surface area contributed by atoms with Crippen molar-refractivity contribution in [3.05, 3.63) is 90.5 Å². The summed E-state index contributed by atoms with van der Waals surface area (Å²) >= 11 is 12.2. The third-order valence-corrected chi connectivity index (χ3v) is 5.44. The SMILES string of the molecule is CC(C)n1c(=O)c(C=Nc2cccc(Cl)c2Cl)c(O)n(CCc2ccccc2)c1=O. The third kappa shape index (κ3) is 4.50. The molecule has 3 aromatic rings. The smallest absolute Gasteiger partial charge is 0.334 e. The predicted molar refractivity (Wildman–Crippen MR) is 121 cm³/mol. The van der Waals surface area contributed by atoms with Gasteiger partial charge in [-0.25, -0.2) is 4.79 Å². The predicted octanol–water partition coefficient (Wildman–Crippen LogP) is 4.60. The van der Waals surface area contributed by atoms with Crippen LogP contribution in [0.3, 0.4) is 0 Å². The van der Waals surface area contributed by atoms with E-state index in [-0.39, 0.29) is 17.1 Å². The van der Waals surface area contributed by atoms with Crippen LogP contribution in [0.2, 0.25) is 10.0 Å². The molecule has 0 saturated carbocycles. The highest BCUT2D eigenvalue weighted by Gasteiger charge is 2.19. The highest BCUT2D eigenvalue weighted by Crippen LogP contribution is 2.31. The Morgan fingerprint density at radius 3 is 2.43 bits per heavy atom. The molecule has 156 valence electrons. The second-order valence-electron chi connectivity index (χ2n) is 7.01. The Kier molecular flexibility index (Phi) is 6.80. The second kappa shape index (κ2) is 9.32. The molecule has 8 heteroatoms. The van der Waals surface area contributed by atoms with Crippen molar-refractivity contribution >= 4 is 35.1 Å². The molecule has 3 rings (SSSR count). The summed E-state index contributed by atoms with van der Waals surface area (Å²) in [5, 5.41) is 11.3. The minimum atomic E-state index is -0.620. The number of benzene rings is 2. The standard InChI is InChI=1S/C22H21Cl2N3O3/c1-14(2)27-21(29)16(13-25-18-10-6-9-17(23)19(18)24)20(28)26(22(27)30)12-11-15-7-4-3-5-8-15/h3-10,13-14,28H,11-12H2,1-2H3. The normalized spacial score (nSPS) is 11.5. The largest absolute Gasteiger partial charge is 0.494 e. The lowest BCUT2D eigenvalue weighted by Gasteiger charge is -2.16. The maximum Gasteiger partial charge on any atom is 0.334 e. The summed E-state index contributed by atoms with van der Waals surface area (Å²) in [5.41, 5.74) is 0.0762. The molecule has 30 heavy (non-hydrogen) atoms. The van der Waals surface area contributed by atoms with E-state index in [1.165, 1.54) is 10.8 Å². The van der Waals surface area contributed by atoms with Crippen molar-refractivity contribution in [1.82, 2.24) is 9.13 Å². The molecule has 0 aliphatic heterocycles. The molecule has 1 heterocycles. The minimum Gasteiger partial charge on any atom is -0.494 e. The van der Waals surface area contributed by atoms with Gasteiger partial charge in [-0.15, -0.1) is 0 Å². The Balaban J connectivity index is 2.09. The summed E-state index contributed by atoms with van der Waals surface area (Å²) in [4.78, 5) is 30.0. The van der Waals surface area contributed by atoms with Crippen LogP contribution in [0.4, 0.5) is 5.69 Å². The van der Waals surface area contributed by atoms with Gasteiger partial charge >= 0.3 is 5.69 Å². The van der Waals surface area contributed by atoms with Crippen LogP contribution in [-0.2, 0) is 13.0 Å². The van der Waals surface area contributed by atoms with Crippen LogP contribution in [-0.4, -0.2) is 20.5 Å². The number of aromatic nitrogens is 2. The summed E-state index contributed by atoms with van der Waals surface area (Å²) in [6, 6.07) is 14.1. The Hall–Kier alpha value is -2.83. The lowest BCUT2D eigenvalue weighted by molar-refractivity contribution is 0.381. The molecule has 0 saturated heterocycles. The van der Waals surface area contributed by atoms with Crippen molar-refractivity contribution in [3.63, 3.8) is 0 Å². The molecule has 0 amide bonds. The maximum absolute atomic E-state index is 12.9. The first-order chi connectivity index (χ1) is 14.3. The van der Waals surface area contributed by atoms with Gasteiger partial charge in [0.1, 0.15) is 5.56 Å². The van der Waals surface area contributed by atoms with Gasteiger partial charge in [0.25, 0.3) is 5.56 Å². The molecule has 0 radical (unpaired) electrons. The van der Waals surface area contributed by atoms with Gasteiger partial charge in [-0.1, -0.05) is 59.6 Å². The van der Waals surface area contributed by atoms with Gasteiger partial charge in [0, 0.05) is 18.8 Å². The molecule has 1 N–H and O–H groups in total. The lowest BCUT2D eigenvalue weighted by atomic mass is 10.1. The van der Waals surface area contributed by atoms with Gasteiger partial charge in [-0.2, -0.15) is 0 Å². The van der Waals surface area contributed by atoms with Crippen LogP contribution in [0, 0.1) is 0 Å². The average molecular weight is 446 g/mol. The van der Waals surface area contributed by atoms with Gasteiger partial charge in [-0.3, -0.25) is 18.9 Å². The summed E-state index contributed by atoms with van der Waals surface area (Å²) in [7, 11) is 0. The van der Waals surface area contributed by atoms with Gasteiger partial charge < -0.3 is 5.11 Å². The number of rotatable bonds is 6. The maximum atomic E-state index is 12.9. The van der Waals surface area contributed by atoms with Gasteiger partial charge in [0.2, 0.25) is 5.88 Å².